The summed E-state index contributed by atoms with van der Waals surface area (Å²) in [6.45, 7) is 5.04. The fourth-order valence-electron chi connectivity index (χ4n) is 4.04. The lowest BCUT2D eigenvalue weighted by Gasteiger charge is -2.26. The number of allylic oxidation sites excluding steroid dienone is 1. The average Bonchev–Trinajstić information content (AvgIpc) is 3.39. The molecule has 0 saturated carbocycles. The van der Waals surface area contributed by atoms with Crippen molar-refractivity contribution in [2.24, 2.45) is 0 Å². The van der Waals surface area contributed by atoms with Crippen LogP contribution in [0.3, 0.4) is 0 Å². The number of carbonyl (C=O) groups is 1. The fourth-order valence-corrected chi connectivity index (χ4v) is 4.04. The average molecular weight is 428 g/mol. The number of H-pyrrole nitrogens is 1. The number of rotatable bonds is 4. The molecule has 1 fully saturated rings. The summed E-state index contributed by atoms with van der Waals surface area (Å²) in [5, 5.41) is 11.6. The normalized spacial score (nSPS) is 17.2. The summed E-state index contributed by atoms with van der Waals surface area (Å²) in [6.07, 6.45) is 2.41. The van der Waals surface area contributed by atoms with Gasteiger partial charge in [0.15, 0.2) is 11.5 Å². The van der Waals surface area contributed by atoms with E-state index in [-0.39, 0.29) is 11.5 Å². The van der Waals surface area contributed by atoms with Gasteiger partial charge >= 0.3 is 0 Å². The van der Waals surface area contributed by atoms with Crippen LogP contribution in [0.4, 0.5) is 0 Å². The van der Waals surface area contributed by atoms with Gasteiger partial charge in [0.05, 0.1) is 23.9 Å². The van der Waals surface area contributed by atoms with Crippen molar-refractivity contribution in [3.8, 4) is 23.3 Å². The molecule has 1 aromatic heterocycles. The van der Waals surface area contributed by atoms with Crippen LogP contribution in [0.15, 0.2) is 42.2 Å². The van der Waals surface area contributed by atoms with Crippen LogP contribution in [0.1, 0.15) is 28.0 Å². The highest BCUT2D eigenvalue weighted by Gasteiger charge is 2.31. The number of piperazine rings is 1. The molecule has 7 nitrogen and oxygen atoms in total. The minimum absolute atomic E-state index is 0.182. The van der Waals surface area contributed by atoms with E-state index < -0.39 is 0 Å². The molecule has 2 N–H and O–H groups in total. The van der Waals surface area contributed by atoms with E-state index in [4.69, 9.17) is 9.47 Å². The summed E-state index contributed by atoms with van der Waals surface area (Å²) in [6, 6.07) is 11.3. The van der Waals surface area contributed by atoms with Crippen LogP contribution in [-0.2, 0) is 0 Å². The van der Waals surface area contributed by atoms with Gasteiger partial charge in [0.1, 0.15) is 11.3 Å². The summed E-state index contributed by atoms with van der Waals surface area (Å²) >= 11 is 0. The number of hydrogen-bond donors (Lipinski definition) is 2. The van der Waals surface area contributed by atoms with Crippen LogP contribution < -0.4 is 14.8 Å². The number of nitrogens with one attached hydrogen (secondary N) is 2. The number of hydrogen-bond acceptors (Lipinski definition) is 6. The molecule has 162 valence electrons. The van der Waals surface area contributed by atoms with Crippen molar-refractivity contribution >= 4 is 22.8 Å². The Morgan fingerprint density at radius 2 is 2.06 bits per heavy atom. The second-order valence-electron chi connectivity index (χ2n) is 7.76. The van der Waals surface area contributed by atoms with E-state index in [0.29, 0.717) is 28.3 Å². The number of ether oxygens (including phenoxy) is 2. The number of fused-ring (bicyclic) bond motifs is 2. The summed E-state index contributed by atoms with van der Waals surface area (Å²) in [4.78, 5) is 15.4. The number of methoxy groups -OCH3 is 1. The molecule has 7 heteroatoms. The van der Waals surface area contributed by atoms with Crippen LogP contribution in [0.5, 0.6) is 11.5 Å². The van der Waals surface area contributed by atoms with Gasteiger partial charge in [-0.1, -0.05) is 30.0 Å². The molecule has 1 saturated heterocycles. The van der Waals surface area contributed by atoms with Gasteiger partial charge in [0.2, 0.25) is 5.78 Å². The maximum Gasteiger partial charge on any atom is 0.232 e. The SMILES string of the molecule is COc1ccc2c(c1C#CCCN1CCNCC1)OC(=Cc1n[nH]c3ccccc13)C2=O. The van der Waals surface area contributed by atoms with Crippen LogP contribution in [0, 0.1) is 11.8 Å². The summed E-state index contributed by atoms with van der Waals surface area (Å²) in [7, 11) is 1.59. The second-order valence-corrected chi connectivity index (χ2v) is 7.76. The Morgan fingerprint density at radius 1 is 1.22 bits per heavy atom. The summed E-state index contributed by atoms with van der Waals surface area (Å²) in [5.41, 5.74) is 2.66. The Hall–Kier alpha value is -3.60. The van der Waals surface area contributed by atoms with Crippen LogP contribution in [0.25, 0.3) is 17.0 Å². The lowest BCUT2D eigenvalue weighted by Crippen LogP contribution is -2.43. The first-order valence-corrected chi connectivity index (χ1v) is 10.7. The first-order chi connectivity index (χ1) is 15.7. The molecule has 2 aliphatic heterocycles. The van der Waals surface area contributed by atoms with Gasteiger partial charge in [-0.05, 0) is 18.2 Å². The molecule has 0 aliphatic carbocycles. The standard InChI is InChI=1S/C25H24N4O3/c1-31-22-10-9-19-24(30)23(16-21-17-6-2-3-8-20(17)27-28-21)32-25(19)18(22)7-4-5-13-29-14-11-26-12-15-29/h2-3,6,8-10,16,26H,5,11-15H2,1H3,(H,27,28). The number of para-hydroxylation sites is 1. The van der Waals surface area contributed by atoms with Crippen molar-refractivity contribution < 1.29 is 14.3 Å². The molecule has 3 heterocycles. The maximum atomic E-state index is 13.0. The zero-order valence-corrected chi connectivity index (χ0v) is 17.9. The Morgan fingerprint density at radius 3 is 2.91 bits per heavy atom. The molecular formula is C25H24N4O3. The molecule has 0 atom stereocenters. The Balaban J connectivity index is 1.42. The van der Waals surface area contributed by atoms with Crippen LogP contribution >= 0.6 is 0 Å². The lowest BCUT2D eigenvalue weighted by atomic mass is 10.0. The zero-order chi connectivity index (χ0) is 21.9. The van der Waals surface area contributed by atoms with E-state index in [2.05, 4.69) is 32.3 Å². The van der Waals surface area contributed by atoms with Gasteiger partial charge in [-0.15, -0.1) is 0 Å². The topological polar surface area (TPSA) is 79.5 Å². The van der Waals surface area contributed by atoms with E-state index >= 15 is 0 Å². The minimum atomic E-state index is -0.182. The monoisotopic (exact) mass is 428 g/mol. The molecule has 32 heavy (non-hydrogen) atoms. The number of ketones is 1. The highest BCUT2D eigenvalue weighted by atomic mass is 16.5. The van der Waals surface area contributed by atoms with Gasteiger partial charge < -0.3 is 14.8 Å². The van der Waals surface area contributed by atoms with Gasteiger partial charge in [-0.2, -0.15) is 5.10 Å². The number of Topliss-reactive ketones (excluding diaryl/α,β-unsaturated/α-hetero) is 1. The second kappa shape index (κ2) is 8.87. The molecule has 2 aromatic carbocycles. The van der Waals surface area contributed by atoms with Crippen molar-refractivity contribution in [1.82, 2.24) is 20.4 Å². The van der Waals surface area contributed by atoms with E-state index in [9.17, 15) is 4.79 Å². The van der Waals surface area contributed by atoms with E-state index in [1.807, 2.05) is 24.3 Å². The van der Waals surface area contributed by atoms with Crippen molar-refractivity contribution in [2.45, 2.75) is 6.42 Å². The molecule has 0 bridgehead atoms. The molecule has 0 unspecified atom stereocenters. The molecule has 0 radical (unpaired) electrons. The highest BCUT2D eigenvalue weighted by molar-refractivity contribution is 6.15. The predicted molar refractivity (Wildman–Crippen MR) is 123 cm³/mol. The number of aromatic nitrogens is 2. The number of carbonyl (C=O) groups excluding carboxylic acids is 1. The largest absolute Gasteiger partial charge is 0.495 e. The quantitative estimate of drug-likeness (QED) is 0.492. The third-order valence-electron chi connectivity index (χ3n) is 5.76. The van der Waals surface area contributed by atoms with E-state index in [1.54, 1.807) is 25.3 Å². The van der Waals surface area contributed by atoms with E-state index in [1.165, 1.54) is 0 Å². The maximum absolute atomic E-state index is 13.0. The van der Waals surface area contributed by atoms with Crippen molar-refractivity contribution in [2.75, 3.05) is 39.8 Å². The van der Waals surface area contributed by atoms with Crippen LogP contribution in [0.2, 0.25) is 0 Å². The lowest BCUT2D eigenvalue weighted by molar-refractivity contribution is 0.101. The molecule has 2 aliphatic rings. The zero-order valence-electron chi connectivity index (χ0n) is 17.9. The minimum Gasteiger partial charge on any atom is -0.495 e. The molecule has 5 rings (SSSR count). The van der Waals surface area contributed by atoms with Crippen molar-refractivity contribution in [1.29, 1.82) is 0 Å². The molecule has 0 amide bonds. The van der Waals surface area contributed by atoms with Gasteiger partial charge in [-0.25, -0.2) is 0 Å². The van der Waals surface area contributed by atoms with Crippen molar-refractivity contribution in [3.05, 3.63) is 59.0 Å². The van der Waals surface area contributed by atoms with Crippen molar-refractivity contribution in [3.63, 3.8) is 0 Å². The van der Waals surface area contributed by atoms with Gasteiger partial charge in [0.25, 0.3) is 0 Å². The van der Waals surface area contributed by atoms with Gasteiger partial charge in [0, 0.05) is 50.6 Å². The predicted octanol–water partition coefficient (Wildman–Crippen LogP) is 2.83. The third-order valence-corrected chi connectivity index (χ3v) is 5.76. The summed E-state index contributed by atoms with van der Waals surface area (Å²) < 4.78 is 11.5. The van der Waals surface area contributed by atoms with Gasteiger partial charge in [-0.3, -0.25) is 14.8 Å². The molecular weight excluding hydrogens is 404 g/mol. The number of nitrogens with zero attached hydrogens (tertiary/aromatic N) is 2. The Bertz CT molecular complexity index is 1260. The number of aromatic amines is 1. The first-order valence-electron chi connectivity index (χ1n) is 10.7. The Labute approximate surface area is 186 Å². The fraction of sp³-hybridized carbons (Fsp3) is 0.280. The Kier molecular flexibility index (Phi) is 5.63. The summed E-state index contributed by atoms with van der Waals surface area (Å²) in [5.74, 6) is 7.52. The molecule has 3 aromatic rings. The molecule has 0 spiro atoms. The number of benzene rings is 2. The third kappa shape index (κ3) is 3.86. The smallest absolute Gasteiger partial charge is 0.232 e. The first kappa shape index (κ1) is 20.3. The highest BCUT2D eigenvalue weighted by Crippen LogP contribution is 2.39. The van der Waals surface area contributed by atoms with E-state index in [0.717, 1.165) is 50.0 Å². The van der Waals surface area contributed by atoms with Crippen LogP contribution in [-0.4, -0.2) is 60.7 Å².